The van der Waals surface area contributed by atoms with Crippen LogP contribution in [-0.4, -0.2) is 40.4 Å². The zero-order valence-corrected chi connectivity index (χ0v) is 8.77. The van der Waals surface area contributed by atoms with Crippen LogP contribution in [0.5, 0.6) is 0 Å². The first kappa shape index (κ1) is 10.1. The molecule has 0 radical (unpaired) electrons. The molecule has 0 aliphatic rings. The SMILES string of the molecule is CN(CCN)Cc1ccc2n[nH]nc2c1. The van der Waals surface area contributed by atoms with E-state index in [1.54, 1.807) is 0 Å². The third-order valence-electron chi connectivity index (χ3n) is 2.34. The van der Waals surface area contributed by atoms with E-state index in [2.05, 4.69) is 33.4 Å². The summed E-state index contributed by atoms with van der Waals surface area (Å²) in [6.45, 7) is 2.47. The van der Waals surface area contributed by atoms with Crippen LogP contribution in [-0.2, 0) is 6.54 Å². The largest absolute Gasteiger partial charge is 0.329 e. The monoisotopic (exact) mass is 205 g/mol. The van der Waals surface area contributed by atoms with Gasteiger partial charge in [-0.2, -0.15) is 15.4 Å². The zero-order valence-electron chi connectivity index (χ0n) is 8.77. The first-order valence-electron chi connectivity index (χ1n) is 4.97. The van der Waals surface area contributed by atoms with Crippen molar-refractivity contribution in [1.82, 2.24) is 20.3 Å². The molecule has 0 bridgehead atoms. The van der Waals surface area contributed by atoms with Crippen LogP contribution >= 0.6 is 0 Å². The summed E-state index contributed by atoms with van der Waals surface area (Å²) in [6, 6.07) is 6.09. The van der Waals surface area contributed by atoms with Crippen molar-refractivity contribution in [2.24, 2.45) is 5.73 Å². The predicted molar refractivity (Wildman–Crippen MR) is 59.3 cm³/mol. The molecule has 0 saturated carbocycles. The molecule has 0 spiro atoms. The normalized spacial score (nSPS) is 11.4. The molecule has 0 aliphatic heterocycles. The van der Waals surface area contributed by atoms with Crippen LogP contribution in [0.15, 0.2) is 18.2 Å². The van der Waals surface area contributed by atoms with Gasteiger partial charge in [-0.05, 0) is 24.7 Å². The van der Waals surface area contributed by atoms with E-state index in [0.29, 0.717) is 6.54 Å². The first-order valence-corrected chi connectivity index (χ1v) is 4.97. The van der Waals surface area contributed by atoms with Crippen molar-refractivity contribution in [3.8, 4) is 0 Å². The minimum absolute atomic E-state index is 0.683. The topological polar surface area (TPSA) is 70.8 Å². The number of hydrogen-bond acceptors (Lipinski definition) is 4. The molecular formula is C10H15N5. The smallest absolute Gasteiger partial charge is 0.113 e. The molecule has 1 heterocycles. The van der Waals surface area contributed by atoms with Crippen LogP contribution in [0.4, 0.5) is 0 Å². The maximum absolute atomic E-state index is 5.49. The molecule has 0 fully saturated rings. The molecule has 5 nitrogen and oxygen atoms in total. The number of rotatable bonds is 4. The van der Waals surface area contributed by atoms with Gasteiger partial charge in [-0.3, -0.25) is 0 Å². The lowest BCUT2D eigenvalue weighted by Crippen LogP contribution is -2.24. The van der Waals surface area contributed by atoms with Crippen molar-refractivity contribution >= 4 is 11.0 Å². The molecule has 0 unspecified atom stereocenters. The Hall–Kier alpha value is -1.46. The number of benzene rings is 1. The number of hydrogen-bond donors (Lipinski definition) is 2. The average Bonchev–Trinajstić information content (AvgIpc) is 2.65. The Morgan fingerprint density at radius 1 is 1.33 bits per heavy atom. The lowest BCUT2D eigenvalue weighted by Gasteiger charge is -2.14. The summed E-state index contributed by atoms with van der Waals surface area (Å²) >= 11 is 0. The van der Waals surface area contributed by atoms with Crippen molar-refractivity contribution in [2.75, 3.05) is 20.1 Å². The molecule has 3 N–H and O–H groups in total. The molecule has 1 aromatic carbocycles. The van der Waals surface area contributed by atoms with Crippen LogP contribution in [0.25, 0.3) is 11.0 Å². The summed E-state index contributed by atoms with van der Waals surface area (Å²) in [7, 11) is 2.06. The zero-order chi connectivity index (χ0) is 10.7. The van der Waals surface area contributed by atoms with E-state index in [-0.39, 0.29) is 0 Å². The summed E-state index contributed by atoms with van der Waals surface area (Å²) in [5, 5.41) is 10.7. The Morgan fingerprint density at radius 3 is 2.93 bits per heavy atom. The van der Waals surface area contributed by atoms with Gasteiger partial charge in [0.2, 0.25) is 0 Å². The minimum Gasteiger partial charge on any atom is -0.329 e. The van der Waals surface area contributed by atoms with Gasteiger partial charge in [-0.15, -0.1) is 0 Å². The molecule has 0 atom stereocenters. The maximum atomic E-state index is 5.49. The first-order chi connectivity index (χ1) is 7.29. The third-order valence-corrected chi connectivity index (χ3v) is 2.34. The maximum Gasteiger partial charge on any atom is 0.113 e. The van der Waals surface area contributed by atoms with E-state index in [1.165, 1.54) is 5.56 Å². The second-order valence-electron chi connectivity index (χ2n) is 3.67. The lowest BCUT2D eigenvalue weighted by atomic mass is 10.2. The number of fused-ring (bicyclic) bond motifs is 1. The number of nitrogens with two attached hydrogens (primary N) is 1. The van der Waals surface area contributed by atoms with E-state index < -0.39 is 0 Å². The van der Waals surface area contributed by atoms with Gasteiger partial charge in [0.25, 0.3) is 0 Å². The summed E-state index contributed by atoms with van der Waals surface area (Å²) in [5.41, 5.74) is 8.53. The highest BCUT2D eigenvalue weighted by Gasteiger charge is 2.02. The number of likely N-dealkylation sites (N-methyl/N-ethyl adjacent to an activating group) is 1. The van der Waals surface area contributed by atoms with Crippen molar-refractivity contribution in [2.45, 2.75) is 6.54 Å². The number of H-pyrrole nitrogens is 1. The van der Waals surface area contributed by atoms with Gasteiger partial charge < -0.3 is 10.6 Å². The van der Waals surface area contributed by atoms with Crippen LogP contribution in [0, 0.1) is 0 Å². The highest BCUT2D eigenvalue weighted by atomic mass is 15.3. The molecule has 0 amide bonds. The van der Waals surface area contributed by atoms with Crippen molar-refractivity contribution in [1.29, 1.82) is 0 Å². The Morgan fingerprint density at radius 2 is 2.13 bits per heavy atom. The van der Waals surface area contributed by atoms with Gasteiger partial charge in [0.1, 0.15) is 11.0 Å². The van der Waals surface area contributed by atoms with Crippen LogP contribution in [0.1, 0.15) is 5.56 Å². The predicted octanol–water partition coefficient (Wildman–Crippen LogP) is 0.348. The molecule has 2 rings (SSSR count). The van der Waals surface area contributed by atoms with Crippen molar-refractivity contribution in [3.05, 3.63) is 23.8 Å². The number of aromatic nitrogens is 3. The second-order valence-corrected chi connectivity index (χ2v) is 3.67. The fourth-order valence-electron chi connectivity index (χ4n) is 1.60. The van der Waals surface area contributed by atoms with Crippen molar-refractivity contribution in [3.63, 3.8) is 0 Å². The molecule has 0 saturated heterocycles. The Kier molecular flexibility index (Phi) is 2.94. The summed E-state index contributed by atoms with van der Waals surface area (Å²) < 4.78 is 0. The van der Waals surface area contributed by atoms with Crippen LogP contribution in [0.2, 0.25) is 0 Å². The Labute approximate surface area is 88.3 Å². The van der Waals surface area contributed by atoms with E-state index in [4.69, 9.17) is 5.73 Å². The van der Waals surface area contributed by atoms with Gasteiger partial charge >= 0.3 is 0 Å². The molecular weight excluding hydrogens is 190 g/mol. The molecule has 1 aromatic heterocycles. The lowest BCUT2D eigenvalue weighted by molar-refractivity contribution is 0.336. The van der Waals surface area contributed by atoms with Gasteiger partial charge in [0.05, 0.1) is 0 Å². The molecule has 2 aromatic rings. The Balaban J connectivity index is 2.14. The molecule has 80 valence electrons. The quantitative estimate of drug-likeness (QED) is 0.755. The minimum atomic E-state index is 0.683. The fourth-order valence-corrected chi connectivity index (χ4v) is 1.60. The van der Waals surface area contributed by atoms with E-state index in [9.17, 15) is 0 Å². The van der Waals surface area contributed by atoms with Crippen molar-refractivity contribution < 1.29 is 0 Å². The summed E-state index contributed by atoms with van der Waals surface area (Å²) in [6.07, 6.45) is 0. The van der Waals surface area contributed by atoms with E-state index in [0.717, 1.165) is 24.1 Å². The third kappa shape index (κ3) is 2.31. The summed E-state index contributed by atoms with van der Waals surface area (Å²) in [4.78, 5) is 2.18. The van der Waals surface area contributed by atoms with E-state index >= 15 is 0 Å². The van der Waals surface area contributed by atoms with E-state index in [1.807, 2.05) is 12.1 Å². The molecule has 5 heteroatoms. The Bertz CT molecular complexity index is 436. The van der Waals surface area contributed by atoms with Gasteiger partial charge in [0, 0.05) is 19.6 Å². The van der Waals surface area contributed by atoms with Crippen LogP contribution < -0.4 is 5.73 Å². The number of nitrogens with zero attached hydrogens (tertiary/aromatic N) is 3. The average molecular weight is 205 g/mol. The van der Waals surface area contributed by atoms with Crippen LogP contribution in [0.3, 0.4) is 0 Å². The highest BCUT2D eigenvalue weighted by Crippen LogP contribution is 2.11. The van der Waals surface area contributed by atoms with Gasteiger partial charge in [-0.25, -0.2) is 0 Å². The molecule has 0 aliphatic carbocycles. The highest BCUT2D eigenvalue weighted by molar-refractivity contribution is 5.74. The number of aromatic amines is 1. The standard InChI is InChI=1S/C10H15N5/c1-15(5-4-11)7-8-2-3-9-10(6-8)13-14-12-9/h2-3,6H,4-5,7,11H2,1H3,(H,12,13,14). The summed E-state index contributed by atoms with van der Waals surface area (Å²) in [5.74, 6) is 0. The number of nitrogens with one attached hydrogen (secondary N) is 1. The van der Waals surface area contributed by atoms with Gasteiger partial charge in [0.15, 0.2) is 0 Å². The molecule has 15 heavy (non-hydrogen) atoms. The fraction of sp³-hybridized carbons (Fsp3) is 0.400. The van der Waals surface area contributed by atoms with Gasteiger partial charge in [-0.1, -0.05) is 6.07 Å². The second kappa shape index (κ2) is 4.37.